The largest absolute Gasteiger partial charge is 0.490 e. The summed E-state index contributed by atoms with van der Waals surface area (Å²) in [5.74, 6) is -0.101. The number of amidine groups is 1. The Morgan fingerprint density at radius 2 is 1.84 bits per heavy atom. The Hall–Kier alpha value is -4.55. The van der Waals surface area contributed by atoms with Crippen LogP contribution in [-0.2, 0) is 11.4 Å². The number of amides is 1. The lowest BCUT2D eigenvalue weighted by Gasteiger charge is -2.13. The fraction of sp³-hybridized carbons (Fsp3) is 0.172. The zero-order valence-corrected chi connectivity index (χ0v) is 21.7. The van der Waals surface area contributed by atoms with Gasteiger partial charge >= 0.3 is 5.97 Å². The second-order valence-electron chi connectivity index (χ2n) is 8.10. The maximum absolute atomic E-state index is 13.1. The van der Waals surface area contributed by atoms with Crippen molar-refractivity contribution in [1.29, 1.82) is 5.26 Å². The van der Waals surface area contributed by atoms with Crippen molar-refractivity contribution in [1.82, 2.24) is 4.90 Å². The van der Waals surface area contributed by atoms with Gasteiger partial charge in [-0.25, -0.2) is 9.79 Å². The average Bonchev–Trinajstić information content (AvgIpc) is 3.22. The van der Waals surface area contributed by atoms with Crippen molar-refractivity contribution in [3.05, 3.63) is 93.9 Å². The Labute approximate surface area is 224 Å². The van der Waals surface area contributed by atoms with Crippen LogP contribution in [0.3, 0.4) is 0 Å². The molecule has 0 aromatic heterocycles. The number of rotatable bonds is 9. The molecule has 0 radical (unpaired) electrons. The van der Waals surface area contributed by atoms with Gasteiger partial charge in [-0.2, -0.15) is 5.26 Å². The number of carbonyl (C=O) groups is 2. The highest BCUT2D eigenvalue weighted by molar-refractivity contribution is 8.18. The van der Waals surface area contributed by atoms with Crippen LogP contribution in [0.1, 0.15) is 40.9 Å². The Morgan fingerprint density at radius 1 is 1.08 bits per heavy atom. The second-order valence-corrected chi connectivity index (χ2v) is 9.11. The highest BCUT2D eigenvalue weighted by Gasteiger charge is 2.32. The van der Waals surface area contributed by atoms with Crippen LogP contribution in [0.25, 0.3) is 6.08 Å². The van der Waals surface area contributed by atoms with Crippen molar-refractivity contribution in [3.63, 3.8) is 0 Å². The van der Waals surface area contributed by atoms with Crippen molar-refractivity contribution in [2.75, 3.05) is 13.2 Å². The Morgan fingerprint density at radius 3 is 2.53 bits per heavy atom. The third-order valence-electron chi connectivity index (χ3n) is 5.63. The first kappa shape index (κ1) is 26.5. The number of hydrogen-bond acceptors (Lipinski definition) is 7. The van der Waals surface area contributed by atoms with E-state index in [1.54, 1.807) is 35.2 Å². The molecule has 1 N–H and O–H groups in total. The highest BCUT2D eigenvalue weighted by atomic mass is 32.2. The summed E-state index contributed by atoms with van der Waals surface area (Å²) in [5, 5.41) is 18.9. The summed E-state index contributed by atoms with van der Waals surface area (Å²) in [6.07, 6.45) is 1.78. The van der Waals surface area contributed by atoms with Crippen LogP contribution in [-0.4, -0.2) is 40.2 Å². The molecule has 0 aliphatic carbocycles. The third-order valence-corrected chi connectivity index (χ3v) is 6.64. The van der Waals surface area contributed by atoms with E-state index in [-0.39, 0.29) is 18.1 Å². The number of hydrogen-bond donors (Lipinski definition) is 1. The number of carboxylic acids is 1. The smallest absolute Gasteiger partial charge is 0.335 e. The van der Waals surface area contributed by atoms with E-state index in [0.717, 1.165) is 11.1 Å². The molecule has 9 heteroatoms. The molecular formula is C29H25N3O5S. The van der Waals surface area contributed by atoms with Gasteiger partial charge in [-0.1, -0.05) is 24.3 Å². The number of nitriles is 1. The quantitative estimate of drug-likeness (QED) is 0.347. The molecule has 4 rings (SSSR count). The number of aromatic carboxylic acids is 1. The van der Waals surface area contributed by atoms with Crippen LogP contribution >= 0.6 is 11.8 Å². The van der Waals surface area contributed by atoms with Crippen LogP contribution in [0.4, 0.5) is 5.69 Å². The van der Waals surface area contributed by atoms with E-state index in [1.807, 2.05) is 44.2 Å². The number of thioether (sulfide) groups is 1. The molecule has 0 atom stereocenters. The molecule has 1 aliphatic rings. The summed E-state index contributed by atoms with van der Waals surface area (Å²) in [4.78, 5) is 30.8. The number of carbonyl (C=O) groups excluding carboxylic acids is 1. The van der Waals surface area contributed by atoms with Gasteiger partial charge in [0, 0.05) is 12.1 Å². The van der Waals surface area contributed by atoms with Crippen molar-refractivity contribution >= 4 is 40.6 Å². The second kappa shape index (κ2) is 12.1. The fourth-order valence-corrected chi connectivity index (χ4v) is 4.79. The molecular weight excluding hydrogens is 502 g/mol. The zero-order valence-electron chi connectivity index (χ0n) is 20.9. The molecule has 192 valence electrons. The van der Waals surface area contributed by atoms with Crippen LogP contribution in [0.2, 0.25) is 0 Å². The average molecular weight is 528 g/mol. The van der Waals surface area contributed by atoms with Crippen molar-refractivity contribution in [2.24, 2.45) is 4.99 Å². The minimum Gasteiger partial charge on any atom is -0.490 e. The van der Waals surface area contributed by atoms with E-state index < -0.39 is 5.97 Å². The first-order valence-corrected chi connectivity index (χ1v) is 12.8. The molecule has 0 saturated carbocycles. The summed E-state index contributed by atoms with van der Waals surface area (Å²) in [6, 6.07) is 21.0. The number of likely N-dealkylation sites (N-methyl/N-ethyl adjacent to an activating group) is 1. The summed E-state index contributed by atoms with van der Waals surface area (Å²) in [5.41, 5.74) is 2.82. The maximum atomic E-state index is 13.1. The summed E-state index contributed by atoms with van der Waals surface area (Å²) in [7, 11) is 0. The Bertz CT molecular complexity index is 1460. The van der Waals surface area contributed by atoms with Crippen LogP contribution in [0, 0.1) is 11.3 Å². The van der Waals surface area contributed by atoms with Crippen LogP contribution in [0.5, 0.6) is 11.5 Å². The molecule has 1 heterocycles. The molecule has 1 amide bonds. The van der Waals surface area contributed by atoms with Gasteiger partial charge in [-0.3, -0.25) is 9.69 Å². The lowest BCUT2D eigenvalue weighted by atomic mass is 10.1. The van der Waals surface area contributed by atoms with Gasteiger partial charge < -0.3 is 14.6 Å². The van der Waals surface area contributed by atoms with Gasteiger partial charge in [0.2, 0.25) is 0 Å². The highest BCUT2D eigenvalue weighted by Crippen LogP contribution is 2.36. The van der Waals surface area contributed by atoms with Crippen molar-refractivity contribution in [3.8, 4) is 17.6 Å². The van der Waals surface area contributed by atoms with E-state index in [1.165, 1.54) is 23.9 Å². The number of ether oxygens (including phenoxy) is 2. The minimum atomic E-state index is -1.01. The number of benzene rings is 3. The third kappa shape index (κ3) is 6.05. The summed E-state index contributed by atoms with van der Waals surface area (Å²) >= 11 is 1.26. The maximum Gasteiger partial charge on any atom is 0.335 e. The van der Waals surface area contributed by atoms with Gasteiger partial charge in [0.05, 0.1) is 34.4 Å². The molecule has 0 bridgehead atoms. The molecule has 8 nitrogen and oxygen atoms in total. The van der Waals surface area contributed by atoms with Gasteiger partial charge in [0.15, 0.2) is 16.7 Å². The topological polar surface area (TPSA) is 112 Å². The molecule has 0 unspecified atom stereocenters. The predicted octanol–water partition coefficient (Wildman–Crippen LogP) is 5.86. The van der Waals surface area contributed by atoms with Gasteiger partial charge in [0.1, 0.15) is 6.61 Å². The minimum absolute atomic E-state index is 0.162. The molecule has 3 aromatic rings. The standard InChI is InChI=1S/C29H25N3O5S/c1-3-32-27(33)26(38-29(32)31-23-12-10-20(11-13-23)28(34)35)16-19-9-14-24(25(15-19)36-4-2)37-18-22-8-6-5-7-21(22)17-30/h5-16H,3-4,18H2,1-2H3,(H,34,35)/b26-16+,31-29?. The lowest BCUT2D eigenvalue weighted by Crippen LogP contribution is -2.28. The number of aliphatic imine (C=N–C) groups is 1. The van der Waals surface area contributed by atoms with Gasteiger partial charge in [-0.15, -0.1) is 0 Å². The molecule has 1 fully saturated rings. The lowest BCUT2D eigenvalue weighted by molar-refractivity contribution is -0.122. The summed E-state index contributed by atoms with van der Waals surface area (Å²) < 4.78 is 11.8. The summed E-state index contributed by atoms with van der Waals surface area (Å²) in [6.45, 7) is 4.84. The molecule has 38 heavy (non-hydrogen) atoms. The van der Waals surface area contributed by atoms with Gasteiger partial charge in [0.25, 0.3) is 5.91 Å². The number of nitrogens with zero attached hydrogens (tertiary/aromatic N) is 3. The monoisotopic (exact) mass is 527 g/mol. The zero-order chi connectivity index (χ0) is 27.1. The molecule has 1 saturated heterocycles. The van der Waals surface area contributed by atoms with E-state index in [2.05, 4.69) is 11.1 Å². The SMILES string of the molecule is CCOc1cc(/C=C2/SC(=Nc3ccc(C(=O)O)cc3)N(CC)C2=O)ccc1OCc1ccccc1C#N. The van der Waals surface area contributed by atoms with Gasteiger partial charge in [-0.05, 0) is 79.7 Å². The Kier molecular flexibility index (Phi) is 8.46. The molecule has 1 aliphatic heterocycles. The first-order chi connectivity index (χ1) is 18.4. The van der Waals surface area contributed by atoms with Crippen molar-refractivity contribution in [2.45, 2.75) is 20.5 Å². The van der Waals surface area contributed by atoms with E-state index in [0.29, 0.717) is 46.0 Å². The number of carboxylic acid groups (broad SMARTS) is 1. The van der Waals surface area contributed by atoms with Crippen LogP contribution in [0.15, 0.2) is 76.6 Å². The van der Waals surface area contributed by atoms with E-state index in [4.69, 9.17) is 14.6 Å². The molecule has 0 spiro atoms. The van der Waals surface area contributed by atoms with E-state index >= 15 is 0 Å². The molecule has 3 aromatic carbocycles. The van der Waals surface area contributed by atoms with E-state index in [9.17, 15) is 14.9 Å². The van der Waals surface area contributed by atoms with Crippen molar-refractivity contribution < 1.29 is 24.2 Å². The first-order valence-electron chi connectivity index (χ1n) is 11.9. The normalized spacial score (nSPS) is 15.1. The Balaban J connectivity index is 1.56. The predicted molar refractivity (Wildman–Crippen MR) is 147 cm³/mol. The fourth-order valence-electron chi connectivity index (χ4n) is 3.72. The van der Waals surface area contributed by atoms with Crippen LogP contribution < -0.4 is 9.47 Å².